The standard InChI is InChI=1S/C10H21NS/c1-9(2)11-4-6-12(7-5-11)8-10(12)3/h9-10H,4-8H2,1-3H3. The maximum Gasteiger partial charge on any atom is 0.00609 e. The summed E-state index contributed by atoms with van der Waals surface area (Å²) in [6, 6.07) is 0.774. The molecule has 12 heavy (non-hydrogen) atoms. The summed E-state index contributed by atoms with van der Waals surface area (Å²) in [5.74, 6) is 4.69. The molecule has 2 saturated heterocycles. The number of hydrogen-bond donors (Lipinski definition) is 0. The molecule has 0 aromatic carbocycles. The minimum Gasteiger partial charge on any atom is -0.299 e. The molecule has 1 unspecified atom stereocenters. The van der Waals surface area contributed by atoms with Crippen LogP contribution in [-0.2, 0) is 0 Å². The van der Waals surface area contributed by atoms with E-state index in [2.05, 4.69) is 25.7 Å². The second-order valence-corrected chi connectivity index (χ2v) is 8.81. The molecule has 0 aliphatic carbocycles. The van der Waals surface area contributed by atoms with Crippen LogP contribution in [0.4, 0.5) is 0 Å². The van der Waals surface area contributed by atoms with Crippen LogP contribution in [0.3, 0.4) is 0 Å². The molecule has 1 atom stereocenters. The van der Waals surface area contributed by atoms with E-state index in [1.54, 1.807) is 17.3 Å². The second-order valence-electron chi connectivity index (χ2n) is 4.63. The Bertz CT molecular complexity index is 171. The molecule has 0 bridgehead atoms. The Kier molecular flexibility index (Phi) is 2.16. The third-order valence-electron chi connectivity index (χ3n) is 3.61. The highest BCUT2D eigenvalue weighted by atomic mass is 32.3. The van der Waals surface area contributed by atoms with Gasteiger partial charge in [0.1, 0.15) is 0 Å². The van der Waals surface area contributed by atoms with Crippen LogP contribution in [0.25, 0.3) is 0 Å². The summed E-state index contributed by atoms with van der Waals surface area (Å²) < 4.78 is 0. The van der Waals surface area contributed by atoms with Gasteiger partial charge in [0, 0.05) is 19.1 Å². The fraction of sp³-hybridized carbons (Fsp3) is 1.00. The molecule has 0 radical (unpaired) electrons. The van der Waals surface area contributed by atoms with Gasteiger partial charge < -0.3 is 0 Å². The largest absolute Gasteiger partial charge is 0.299 e. The first-order valence-corrected chi connectivity index (χ1v) is 7.34. The van der Waals surface area contributed by atoms with Crippen molar-refractivity contribution in [2.24, 2.45) is 0 Å². The van der Waals surface area contributed by atoms with E-state index in [9.17, 15) is 0 Å². The van der Waals surface area contributed by atoms with E-state index in [-0.39, 0.29) is 10.0 Å². The first-order chi connectivity index (χ1) is 5.64. The Balaban J connectivity index is 1.86. The van der Waals surface area contributed by atoms with E-state index in [1.807, 2.05) is 0 Å². The monoisotopic (exact) mass is 187 g/mol. The lowest BCUT2D eigenvalue weighted by molar-refractivity contribution is 0.244. The topological polar surface area (TPSA) is 3.24 Å². The Hall–Kier alpha value is 0.310. The van der Waals surface area contributed by atoms with E-state index >= 15 is 0 Å². The molecule has 0 saturated carbocycles. The Labute approximate surface area is 77.8 Å². The smallest absolute Gasteiger partial charge is 0.00609 e. The van der Waals surface area contributed by atoms with E-state index in [4.69, 9.17) is 0 Å². The highest BCUT2D eigenvalue weighted by Gasteiger charge is 2.46. The summed E-state index contributed by atoms with van der Waals surface area (Å²) in [6.45, 7) is 9.88. The molecule has 2 aliphatic rings. The number of hydrogen-bond acceptors (Lipinski definition) is 1. The van der Waals surface area contributed by atoms with Crippen LogP contribution >= 0.6 is 10.0 Å². The third-order valence-corrected chi connectivity index (χ3v) is 8.21. The van der Waals surface area contributed by atoms with Crippen molar-refractivity contribution in [3.63, 3.8) is 0 Å². The summed E-state index contributed by atoms with van der Waals surface area (Å²) in [4.78, 5) is 2.64. The molecular formula is C10H21NS. The Morgan fingerprint density at radius 1 is 1.25 bits per heavy atom. The van der Waals surface area contributed by atoms with Crippen molar-refractivity contribution >= 4 is 10.0 Å². The first-order valence-electron chi connectivity index (χ1n) is 5.13. The molecule has 0 aromatic heterocycles. The van der Waals surface area contributed by atoms with Crippen molar-refractivity contribution in [2.75, 3.05) is 30.3 Å². The molecule has 0 amide bonds. The maximum atomic E-state index is 2.64. The van der Waals surface area contributed by atoms with E-state index < -0.39 is 0 Å². The van der Waals surface area contributed by atoms with Crippen LogP contribution in [0.1, 0.15) is 20.8 Å². The lowest BCUT2D eigenvalue weighted by atomic mass is 10.3. The van der Waals surface area contributed by atoms with E-state index in [1.165, 1.54) is 13.1 Å². The van der Waals surface area contributed by atoms with Gasteiger partial charge in [0.05, 0.1) is 0 Å². The lowest BCUT2D eigenvalue weighted by Gasteiger charge is -2.37. The molecule has 0 N–H and O–H groups in total. The summed E-state index contributed by atoms with van der Waals surface area (Å²) in [7, 11) is -0.0196. The quantitative estimate of drug-likeness (QED) is 0.567. The van der Waals surface area contributed by atoms with Gasteiger partial charge >= 0.3 is 0 Å². The molecule has 0 aromatic rings. The van der Waals surface area contributed by atoms with Gasteiger partial charge in [-0.15, -0.1) is 0 Å². The van der Waals surface area contributed by atoms with Crippen molar-refractivity contribution < 1.29 is 0 Å². The zero-order valence-electron chi connectivity index (χ0n) is 8.55. The van der Waals surface area contributed by atoms with Gasteiger partial charge in [-0.2, -0.15) is 0 Å². The predicted molar refractivity (Wildman–Crippen MR) is 58.4 cm³/mol. The third kappa shape index (κ3) is 1.39. The zero-order valence-corrected chi connectivity index (χ0v) is 9.36. The van der Waals surface area contributed by atoms with Crippen LogP contribution in [0.5, 0.6) is 0 Å². The Morgan fingerprint density at radius 3 is 2.08 bits per heavy atom. The summed E-state index contributed by atoms with van der Waals surface area (Å²) in [6.07, 6.45) is 0. The summed E-state index contributed by atoms with van der Waals surface area (Å²) >= 11 is 0. The van der Waals surface area contributed by atoms with Crippen LogP contribution in [-0.4, -0.2) is 46.5 Å². The maximum absolute atomic E-state index is 2.64. The molecule has 2 heteroatoms. The first kappa shape index (κ1) is 8.89. The highest BCUT2D eigenvalue weighted by molar-refractivity contribution is 8.40. The second kappa shape index (κ2) is 2.91. The molecule has 1 spiro atoms. The van der Waals surface area contributed by atoms with Gasteiger partial charge in [-0.3, -0.25) is 4.90 Å². The fourth-order valence-corrected chi connectivity index (χ4v) is 6.30. The molecule has 2 rings (SSSR count). The van der Waals surface area contributed by atoms with Gasteiger partial charge in [0.25, 0.3) is 0 Å². The van der Waals surface area contributed by atoms with Crippen LogP contribution < -0.4 is 0 Å². The average Bonchev–Trinajstić information content (AvgIpc) is 2.62. The molecular weight excluding hydrogens is 166 g/mol. The van der Waals surface area contributed by atoms with Crippen molar-refractivity contribution in [1.29, 1.82) is 0 Å². The number of rotatable bonds is 1. The van der Waals surface area contributed by atoms with E-state index in [0.29, 0.717) is 0 Å². The molecule has 72 valence electrons. The van der Waals surface area contributed by atoms with Crippen LogP contribution in [0.15, 0.2) is 0 Å². The predicted octanol–water partition coefficient (Wildman–Crippen LogP) is 1.92. The molecule has 2 fully saturated rings. The highest BCUT2D eigenvalue weighted by Crippen LogP contribution is 2.68. The van der Waals surface area contributed by atoms with Crippen molar-refractivity contribution in [3.8, 4) is 0 Å². The molecule has 2 heterocycles. The molecule has 2 aliphatic heterocycles. The summed E-state index contributed by atoms with van der Waals surface area (Å²) in [5.41, 5.74) is 0. The van der Waals surface area contributed by atoms with Gasteiger partial charge in [0.15, 0.2) is 0 Å². The van der Waals surface area contributed by atoms with Gasteiger partial charge in [-0.25, -0.2) is 10.0 Å². The number of nitrogens with zero attached hydrogens (tertiary/aromatic N) is 1. The SMILES string of the molecule is CC(C)N1CCS2(CC1)CC2C. The van der Waals surface area contributed by atoms with Crippen molar-refractivity contribution in [3.05, 3.63) is 0 Å². The lowest BCUT2D eigenvalue weighted by Crippen LogP contribution is -2.40. The van der Waals surface area contributed by atoms with Crippen LogP contribution in [0.2, 0.25) is 0 Å². The van der Waals surface area contributed by atoms with Crippen LogP contribution in [0, 0.1) is 0 Å². The average molecular weight is 187 g/mol. The Morgan fingerprint density at radius 2 is 1.75 bits per heavy atom. The molecule has 1 nitrogen and oxygen atoms in total. The normalized spacial score (nSPS) is 37.2. The minimum atomic E-state index is -0.0196. The van der Waals surface area contributed by atoms with Crippen molar-refractivity contribution in [2.45, 2.75) is 32.1 Å². The summed E-state index contributed by atoms with van der Waals surface area (Å²) in [5, 5.41) is 1.12. The van der Waals surface area contributed by atoms with Gasteiger partial charge in [-0.05, 0) is 36.4 Å². The van der Waals surface area contributed by atoms with Gasteiger partial charge in [0.2, 0.25) is 0 Å². The fourth-order valence-electron chi connectivity index (χ4n) is 2.33. The van der Waals surface area contributed by atoms with E-state index in [0.717, 1.165) is 11.3 Å². The van der Waals surface area contributed by atoms with Crippen molar-refractivity contribution in [1.82, 2.24) is 4.90 Å². The minimum absolute atomic E-state index is 0.0196. The zero-order chi connectivity index (χ0) is 8.77. The van der Waals surface area contributed by atoms with Gasteiger partial charge in [-0.1, -0.05) is 6.92 Å².